The highest BCUT2D eigenvalue weighted by atomic mass is 16.5. The smallest absolute Gasteiger partial charge is 0.252 e. The van der Waals surface area contributed by atoms with Crippen molar-refractivity contribution in [2.24, 2.45) is 7.05 Å². The van der Waals surface area contributed by atoms with Crippen molar-refractivity contribution < 1.29 is 9.84 Å². The minimum atomic E-state index is -0.858. The van der Waals surface area contributed by atoms with Crippen LogP contribution in [0, 0.1) is 11.3 Å². The van der Waals surface area contributed by atoms with Crippen molar-refractivity contribution >= 4 is 5.69 Å². The molecule has 6 nitrogen and oxygen atoms in total. The topological polar surface area (TPSA) is 87.3 Å². The fourth-order valence-electron chi connectivity index (χ4n) is 2.84. The molecule has 6 heteroatoms. The summed E-state index contributed by atoms with van der Waals surface area (Å²) in [5, 5.41) is 23.1. The van der Waals surface area contributed by atoms with Crippen molar-refractivity contribution in [3.63, 3.8) is 0 Å². The minimum Gasteiger partial charge on any atom is -0.485 e. The number of nitriles is 1. The quantitative estimate of drug-likeness (QED) is 0.881. The van der Waals surface area contributed by atoms with E-state index in [0.717, 1.165) is 0 Å². The highest BCUT2D eigenvalue weighted by Crippen LogP contribution is 2.41. The van der Waals surface area contributed by atoms with Crippen LogP contribution < -0.4 is 15.6 Å². The van der Waals surface area contributed by atoms with Crippen molar-refractivity contribution in [3.8, 4) is 11.8 Å². The molecule has 0 amide bonds. The first kappa shape index (κ1) is 16.1. The van der Waals surface area contributed by atoms with Crippen molar-refractivity contribution in [1.29, 1.82) is 5.26 Å². The lowest BCUT2D eigenvalue weighted by Crippen LogP contribution is -2.50. The number of hydrogen-bond acceptors (Lipinski definition) is 5. The summed E-state index contributed by atoms with van der Waals surface area (Å²) in [5.74, 6) is 0.616. The molecule has 24 heavy (non-hydrogen) atoms. The van der Waals surface area contributed by atoms with Gasteiger partial charge in [-0.3, -0.25) is 4.79 Å². The van der Waals surface area contributed by atoms with Gasteiger partial charge in [0, 0.05) is 30.6 Å². The van der Waals surface area contributed by atoms with Crippen molar-refractivity contribution in [2.75, 3.05) is 5.32 Å². The molecule has 1 aliphatic rings. The third-order valence-corrected chi connectivity index (χ3v) is 4.30. The maximum absolute atomic E-state index is 11.8. The van der Waals surface area contributed by atoms with Gasteiger partial charge in [0.1, 0.15) is 17.5 Å². The second-order valence-electron chi connectivity index (χ2n) is 6.50. The van der Waals surface area contributed by atoms with Crippen LogP contribution in [0.3, 0.4) is 0 Å². The van der Waals surface area contributed by atoms with Crippen LogP contribution in [0.15, 0.2) is 41.3 Å². The standard InChI is InChI=1S/C18H19N3O3/c1-18(2)17(23)16(20-12-6-7-21(3)15(22)9-12)13-8-11(10-19)4-5-14(13)24-18/h4-9,16-17,20,23H,1-3H3. The van der Waals surface area contributed by atoms with E-state index in [1.165, 1.54) is 10.6 Å². The fourth-order valence-corrected chi connectivity index (χ4v) is 2.84. The molecular weight excluding hydrogens is 306 g/mol. The van der Waals surface area contributed by atoms with Crippen molar-refractivity contribution in [1.82, 2.24) is 4.57 Å². The Balaban J connectivity index is 2.06. The Morgan fingerprint density at radius 1 is 1.33 bits per heavy atom. The van der Waals surface area contributed by atoms with Crippen LogP contribution in [0.1, 0.15) is 31.0 Å². The third-order valence-electron chi connectivity index (χ3n) is 4.30. The van der Waals surface area contributed by atoms with Crippen molar-refractivity contribution in [3.05, 3.63) is 58.0 Å². The lowest BCUT2D eigenvalue weighted by molar-refractivity contribution is -0.0532. The van der Waals surface area contributed by atoms with Gasteiger partial charge >= 0.3 is 0 Å². The number of nitrogens with one attached hydrogen (secondary N) is 1. The summed E-state index contributed by atoms with van der Waals surface area (Å²) in [6, 6.07) is 9.96. The summed E-state index contributed by atoms with van der Waals surface area (Å²) in [4.78, 5) is 11.8. The second-order valence-corrected chi connectivity index (χ2v) is 6.50. The molecular formula is C18H19N3O3. The van der Waals surface area contributed by atoms with Crippen LogP contribution >= 0.6 is 0 Å². The Morgan fingerprint density at radius 2 is 2.08 bits per heavy atom. The largest absolute Gasteiger partial charge is 0.485 e. The molecule has 1 aromatic heterocycles. The van der Waals surface area contributed by atoms with Crippen molar-refractivity contribution in [2.45, 2.75) is 31.6 Å². The third kappa shape index (κ3) is 2.74. The van der Waals surface area contributed by atoms with Gasteiger partial charge in [0.2, 0.25) is 0 Å². The van der Waals surface area contributed by atoms with Crippen LogP contribution in [0.25, 0.3) is 0 Å². The minimum absolute atomic E-state index is 0.146. The zero-order valence-electron chi connectivity index (χ0n) is 13.8. The first-order valence-electron chi connectivity index (χ1n) is 7.66. The predicted octanol–water partition coefficient (Wildman–Crippen LogP) is 1.94. The number of fused-ring (bicyclic) bond motifs is 1. The van der Waals surface area contributed by atoms with Gasteiger partial charge in [-0.1, -0.05) is 0 Å². The molecule has 0 saturated heterocycles. The highest BCUT2D eigenvalue weighted by molar-refractivity contribution is 5.52. The van der Waals surface area contributed by atoms with Crippen LogP contribution in [0.2, 0.25) is 0 Å². The van der Waals surface area contributed by atoms with Crippen LogP contribution in [-0.2, 0) is 7.05 Å². The number of aryl methyl sites for hydroxylation is 1. The molecule has 1 aliphatic heterocycles. The van der Waals surface area contributed by atoms with E-state index in [-0.39, 0.29) is 5.56 Å². The first-order chi connectivity index (χ1) is 11.3. The molecule has 2 N–H and O–H groups in total. The number of anilines is 1. The fraction of sp³-hybridized carbons (Fsp3) is 0.333. The Bertz CT molecular complexity index is 880. The SMILES string of the molecule is Cn1ccc(NC2c3cc(C#N)ccc3OC(C)(C)C2O)cc1=O. The van der Waals surface area contributed by atoms with Crippen LogP contribution in [-0.4, -0.2) is 21.4 Å². The maximum atomic E-state index is 11.8. The zero-order chi connectivity index (χ0) is 17.5. The number of hydrogen-bond donors (Lipinski definition) is 2. The molecule has 124 valence electrons. The van der Waals surface area contributed by atoms with Gasteiger partial charge in [-0.05, 0) is 38.1 Å². The molecule has 0 saturated carbocycles. The number of pyridine rings is 1. The van der Waals surface area contributed by atoms with E-state index in [0.29, 0.717) is 22.6 Å². The van der Waals surface area contributed by atoms with E-state index in [4.69, 9.17) is 10.00 Å². The number of nitrogens with zero attached hydrogens (tertiary/aromatic N) is 2. The summed E-state index contributed by atoms with van der Waals surface area (Å²) < 4.78 is 7.35. The number of aliphatic hydroxyl groups excluding tert-OH is 1. The molecule has 0 fully saturated rings. The van der Waals surface area contributed by atoms with E-state index >= 15 is 0 Å². The average Bonchev–Trinajstić information content (AvgIpc) is 2.54. The summed E-state index contributed by atoms with van der Waals surface area (Å²) in [7, 11) is 1.67. The summed E-state index contributed by atoms with van der Waals surface area (Å²) >= 11 is 0. The van der Waals surface area contributed by atoms with Gasteiger partial charge in [-0.2, -0.15) is 5.26 Å². The Labute approximate surface area is 139 Å². The lowest BCUT2D eigenvalue weighted by Gasteiger charge is -2.42. The number of aliphatic hydroxyl groups is 1. The molecule has 2 heterocycles. The van der Waals surface area contributed by atoms with Crippen LogP contribution in [0.5, 0.6) is 5.75 Å². The average molecular weight is 325 g/mol. The Kier molecular flexibility index (Phi) is 3.82. The summed E-state index contributed by atoms with van der Waals surface area (Å²) in [6.07, 6.45) is 0.803. The molecule has 0 spiro atoms. The molecule has 1 aromatic carbocycles. The van der Waals surface area contributed by atoms with E-state index in [1.807, 2.05) is 0 Å². The van der Waals surface area contributed by atoms with E-state index in [2.05, 4.69) is 11.4 Å². The van der Waals surface area contributed by atoms with E-state index < -0.39 is 17.7 Å². The molecule has 0 bridgehead atoms. The van der Waals surface area contributed by atoms with Gasteiger partial charge in [0.05, 0.1) is 17.7 Å². The van der Waals surface area contributed by atoms with Gasteiger partial charge in [0.15, 0.2) is 0 Å². The van der Waals surface area contributed by atoms with E-state index in [9.17, 15) is 9.90 Å². The Morgan fingerprint density at radius 3 is 2.75 bits per heavy atom. The summed E-state index contributed by atoms with van der Waals surface area (Å²) in [6.45, 7) is 3.61. The lowest BCUT2D eigenvalue weighted by atomic mass is 9.86. The zero-order valence-corrected chi connectivity index (χ0v) is 13.8. The molecule has 0 aliphatic carbocycles. The normalized spacial score (nSPS) is 21.3. The molecule has 2 unspecified atom stereocenters. The van der Waals surface area contributed by atoms with E-state index in [1.54, 1.807) is 51.4 Å². The maximum Gasteiger partial charge on any atom is 0.252 e. The number of aromatic nitrogens is 1. The van der Waals surface area contributed by atoms with Gasteiger partial charge in [-0.15, -0.1) is 0 Å². The number of rotatable bonds is 2. The molecule has 0 radical (unpaired) electrons. The Hall–Kier alpha value is -2.78. The van der Waals surface area contributed by atoms with Gasteiger partial charge in [0.25, 0.3) is 5.56 Å². The number of ether oxygens (including phenoxy) is 1. The van der Waals surface area contributed by atoms with Gasteiger partial charge < -0.3 is 19.7 Å². The molecule has 2 atom stereocenters. The highest BCUT2D eigenvalue weighted by Gasteiger charge is 2.43. The first-order valence-corrected chi connectivity index (χ1v) is 7.66. The molecule has 2 aromatic rings. The predicted molar refractivity (Wildman–Crippen MR) is 89.9 cm³/mol. The summed E-state index contributed by atoms with van der Waals surface area (Å²) in [5.41, 5.74) is 0.833. The second kappa shape index (κ2) is 5.69. The molecule has 3 rings (SSSR count). The number of benzene rings is 1. The van der Waals surface area contributed by atoms with Gasteiger partial charge in [-0.25, -0.2) is 0 Å². The monoisotopic (exact) mass is 325 g/mol. The van der Waals surface area contributed by atoms with Crippen LogP contribution in [0.4, 0.5) is 5.69 Å².